The summed E-state index contributed by atoms with van der Waals surface area (Å²) in [5.41, 5.74) is 0. The van der Waals surface area contributed by atoms with Crippen molar-refractivity contribution in [3.05, 3.63) is 12.7 Å². The number of sulfonamides is 2. The van der Waals surface area contributed by atoms with Crippen LogP contribution in [0.1, 0.15) is 26.2 Å². The van der Waals surface area contributed by atoms with Crippen LogP contribution in [0.15, 0.2) is 12.7 Å². The molecule has 0 aliphatic heterocycles. The minimum Gasteiger partial charge on any atom is -0.211 e. The lowest BCUT2D eigenvalue weighted by molar-refractivity contribution is 0.176. The lowest BCUT2D eigenvalue weighted by Crippen LogP contribution is -2.49. The molecule has 0 atom stereocenters. The molecule has 6 nitrogen and oxygen atoms in total. The predicted molar refractivity (Wildman–Crippen MR) is 72.8 cm³/mol. The smallest absolute Gasteiger partial charge is 0.211 e. The average Bonchev–Trinajstić information content (AvgIpc) is 2.19. The first kappa shape index (κ1) is 17.6. The molecular formula is C10H22N2O4S2. The summed E-state index contributed by atoms with van der Waals surface area (Å²) in [7, 11) is -7.26. The fraction of sp³-hybridized carbons (Fsp3) is 0.800. The zero-order valence-electron chi connectivity index (χ0n) is 11.2. The molecule has 0 unspecified atom stereocenters. The summed E-state index contributed by atoms with van der Waals surface area (Å²) < 4.78 is 48.3. The van der Waals surface area contributed by atoms with E-state index in [2.05, 4.69) is 6.58 Å². The zero-order valence-corrected chi connectivity index (χ0v) is 12.8. The molecule has 0 saturated heterocycles. The Labute approximate surface area is 110 Å². The Morgan fingerprint density at radius 1 is 1.00 bits per heavy atom. The van der Waals surface area contributed by atoms with Gasteiger partial charge in [0.1, 0.15) is 0 Å². The third kappa shape index (κ3) is 5.94. The fourth-order valence-electron chi connectivity index (χ4n) is 1.44. The van der Waals surface area contributed by atoms with E-state index in [-0.39, 0.29) is 13.1 Å². The van der Waals surface area contributed by atoms with Crippen LogP contribution in [0, 0.1) is 0 Å². The highest BCUT2D eigenvalue weighted by molar-refractivity contribution is 7.91. The summed E-state index contributed by atoms with van der Waals surface area (Å²) >= 11 is 0. The number of hydrazine groups is 1. The highest BCUT2D eigenvalue weighted by Crippen LogP contribution is 2.12. The van der Waals surface area contributed by atoms with Gasteiger partial charge in [-0.25, -0.2) is 16.8 Å². The summed E-state index contributed by atoms with van der Waals surface area (Å²) in [6.45, 7) is 5.54. The summed E-state index contributed by atoms with van der Waals surface area (Å²) in [5.74, 6) is 0. The maximum atomic E-state index is 11.7. The van der Waals surface area contributed by atoms with E-state index in [1.807, 2.05) is 6.92 Å². The van der Waals surface area contributed by atoms with Crippen molar-refractivity contribution in [1.29, 1.82) is 0 Å². The minimum absolute atomic E-state index is 0.0575. The standard InChI is InChI=1S/C10H22N2O4S2/c1-5-7-8-10-12(18(4,15)16)11(9-6-2)17(3,13)14/h6H,2,5,7-10H2,1,3-4H3. The van der Waals surface area contributed by atoms with Crippen molar-refractivity contribution < 1.29 is 16.8 Å². The van der Waals surface area contributed by atoms with E-state index in [4.69, 9.17) is 0 Å². The molecule has 108 valence electrons. The van der Waals surface area contributed by atoms with Crippen LogP contribution in [0.25, 0.3) is 0 Å². The molecule has 8 heteroatoms. The Balaban J connectivity index is 5.19. The Bertz CT molecular complexity index is 456. The van der Waals surface area contributed by atoms with Gasteiger partial charge in [-0.1, -0.05) is 25.8 Å². The van der Waals surface area contributed by atoms with Gasteiger partial charge in [0.25, 0.3) is 0 Å². The molecule has 0 aliphatic rings. The van der Waals surface area contributed by atoms with Crippen molar-refractivity contribution in [1.82, 2.24) is 8.83 Å². The van der Waals surface area contributed by atoms with Crippen LogP contribution in [0.3, 0.4) is 0 Å². The second-order valence-electron chi connectivity index (χ2n) is 4.07. The van der Waals surface area contributed by atoms with E-state index in [1.165, 1.54) is 6.08 Å². The van der Waals surface area contributed by atoms with Crippen LogP contribution in [0.5, 0.6) is 0 Å². The van der Waals surface area contributed by atoms with Crippen molar-refractivity contribution in [2.75, 3.05) is 25.6 Å². The number of nitrogens with zero attached hydrogens (tertiary/aromatic N) is 2. The Kier molecular flexibility index (Phi) is 7.05. The molecular weight excluding hydrogens is 276 g/mol. The monoisotopic (exact) mass is 298 g/mol. The normalized spacial score (nSPS) is 13.2. The molecule has 0 radical (unpaired) electrons. The van der Waals surface area contributed by atoms with Crippen LogP contribution in [-0.4, -0.2) is 51.3 Å². The molecule has 0 aromatic heterocycles. The van der Waals surface area contributed by atoms with E-state index in [1.54, 1.807) is 0 Å². The molecule has 0 aliphatic carbocycles. The molecule has 18 heavy (non-hydrogen) atoms. The predicted octanol–water partition coefficient (Wildman–Crippen LogP) is 0.801. The molecule has 0 aromatic rings. The lowest BCUT2D eigenvalue weighted by Gasteiger charge is -2.30. The molecule has 0 amide bonds. The van der Waals surface area contributed by atoms with Gasteiger partial charge in [-0.2, -0.15) is 0 Å². The van der Waals surface area contributed by atoms with E-state index in [0.29, 0.717) is 6.42 Å². The van der Waals surface area contributed by atoms with Crippen molar-refractivity contribution in [2.24, 2.45) is 0 Å². The lowest BCUT2D eigenvalue weighted by atomic mass is 10.2. The molecule has 0 aromatic carbocycles. The Morgan fingerprint density at radius 2 is 1.50 bits per heavy atom. The van der Waals surface area contributed by atoms with E-state index in [0.717, 1.165) is 34.2 Å². The second-order valence-corrected chi connectivity index (χ2v) is 7.85. The Hall–Kier alpha value is -0.440. The number of hydrogen-bond acceptors (Lipinski definition) is 4. The molecule has 0 saturated carbocycles. The van der Waals surface area contributed by atoms with Gasteiger partial charge in [-0.15, -0.1) is 15.4 Å². The van der Waals surface area contributed by atoms with Crippen LogP contribution in [0.2, 0.25) is 0 Å². The highest BCUT2D eigenvalue weighted by atomic mass is 32.2. The third-order valence-corrected chi connectivity index (χ3v) is 4.61. The first-order valence-electron chi connectivity index (χ1n) is 5.70. The van der Waals surface area contributed by atoms with Crippen molar-refractivity contribution in [2.45, 2.75) is 26.2 Å². The van der Waals surface area contributed by atoms with Crippen molar-refractivity contribution in [3.8, 4) is 0 Å². The topological polar surface area (TPSA) is 74.8 Å². The van der Waals surface area contributed by atoms with Crippen LogP contribution >= 0.6 is 0 Å². The molecule has 0 fully saturated rings. The van der Waals surface area contributed by atoms with Gasteiger partial charge in [0.2, 0.25) is 20.0 Å². The van der Waals surface area contributed by atoms with Gasteiger partial charge in [-0.3, -0.25) is 0 Å². The van der Waals surface area contributed by atoms with Crippen molar-refractivity contribution in [3.63, 3.8) is 0 Å². The van der Waals surface area contributed by atoms with Crippen molar-refractivity contribution >= 4 is 20.0 Å². The molecule has 0 N–H and O–H groups in total. The van der Waals surface area contributed by atoms with Gasteiger partial charge in [0.05, 0.1) is 12.5 Å². The maximum absolute atomic E-state index is 11.7. The molecule has 0 rings (SSSR count). The quantitative estimate of drug-likeness (QED) is 0.358. The summed E-state index contributed by atoms with van der Waals surface area (Å²) in [6.07, 6.45) is 5.73. The first-order valence-corrected chi connectivity index (χ1v) is 9.40. The third-order valence-electron chi connectivity index (χ3n) is 2.25. The SMILES string of the molecule is C=CCN(N(CCCCC)S(C)(=O)=O)S(C)(=O)=O. The zero-order chi connectivity index (χ0) is 14.4. The van der Waals surface area contributed by atoms with Gasteiger partial charge in [0.15, 0.2) is 0 Å². The molecule has 0 bridgehead atoms. The first-order chi connectivity index (χ1) is 8.14. The summed E-state index contributed by atoms with van der Waals surface area (Å²) in [5, 5.41) is 0. The minimum atomic E-state index is -3.64. The highest BCUT2D eigenvalue weighted by Gasteiger charge is 2.29. The Morgan fingerprint density at radius 3 is 1.83 bits per heavy atom. The second kappa shape index (κ2) is 7.22. The van der Waals surface area contributed by atoms with Gasteiger partial charge in [-0.05, 0) is 6.42 Å². The van der Waals surface area contributed by atoms with E-state index in [9.17, 15) is 16.8 Å². The number of unbranched alkanes of at least 4 members (excludes halogenated alkanes) is 2. The van der Waals surface area contributed by atoms with Crippen LogP contribution in [0.4, 0.5) is 0 Å². The van der Waals surface area contributed by atoms with Gasteiger partial charge in [0, 0.05) is 13.1 Å². The van der Waals surface area contributed by atoms with Crippen LogP contribution < -0.4 is 0 Å². The average molecular weight is 298 g/mol. The maximum Gasteiger partial charge on any atom is 0.225 e. The van der Waals surface area contributed by atoms with Crippen LogP contribution in [-0.2, 0) is 20.0 Å². The fourth-order valence-corrected chi connectivity index (χ4v) is 3.82. The molecule has 0 spiro atoms. The van der Waals surface area contributed by atoms with Gasteiger partial charge < -0.3 is 0 Å². The molecule has 0 heterocycles. The van der Waals surface area contributed by atoms with E-state index < -0.39 is 20.0 Å². The summed E-state index contributed by atoms with van der Waals surface area (Å²) in [4.78, 5) is 0. The number of hydrogen-bond donors (Lipinski definition) is 0. The van der Waals surface area contributed by atoms with Gasteiger partial charge >= 0.3 is 0 Å². The number of rotatable bonds is 9. The van der Waals surface area contributed by atoms with E-state index >= 15 is 0 Å². The largest absolute Gasteiger partial charge is 0.225 e. The summed E-state index contributed by atoms with van der Waals surface area (Å²) in [6, 6.07) is 0.